The Morgan fingerprint density at radius 3 is 2.21 bits per heavy atom. The molecule has 5 atom stereocenters. The number of benzene rings is 2. The summed E-state index contributed by atoms with van der Waals surface area (Å²) in [6.45, 7) is 5.75. The number of likely N-dealkylation sites (tertiary alicyclic amines) is 2. The van der Waals surface area contributed by atoms with Crippen molar-refractivity contribution in [1.29, 1.82) is 0 Å². The molecule has 2 aliphatic heterocycles. The second-order valence-electron chi connectivity index (χ2n) is 9.48. The largest absolute Gasteiger partial charge is 0.384 e. The Morgan fingerprint density at radius 1 is 1.03 bits per heavy atom. The zero-order valence-electron chi connectivity index (χ0n) is 19.0. The summed E-state index contributed by atoms with van der Waals surface area (Å²) >= 11 is 6.02. The maximum atomic E-state index is 14.5. The van der Waals surface area contributed by atoms with Gasteiger partial charge in [-0.15, -0.1) is 12.4 Å². The number of halogens is 4. The van der Waals surface area contributed by atoms with Crippen LogP contribution >= 0.6 is 24.0 Å². The third-order valence-electron chi connectivity index (χ3n) is 7.29. The van der Waals surface area contributed by atoms with Gasteiger partial charge in [0.2, 0.25) is 5.91 Å². The van der Waals surface area contributed by atoms with Crippen LogP contribution < -0.4 is 0 Å². The van der Waals surface area contributed by atoms with Crippen LogP contribution in [0.3, 0.4) is 0 Å². The van der Waals surface area contributed by atoms with Crippen molar-refractivity contribution in [2.24, 2.45) is 17.8 Å². The van der Waals surface area contributed by atoms with Crippen molar-refractivity contribution in [1.82, 2.24) is 9.80 Å². The van der Waals surface area contributed by atoms with Crippen LogP contribution in [0.4, 0.5) is 8.78 Å². The van der Waals surface area contributed by atoms with Gasteiger partial charge in [0.25, 0.3) is 0 Å². The van der Waals surface area contributed by atoms with Gasteiger partial charge in [-0.2, -0.15) is 0 Å². The summed E-state index contributed by atoms with van der Waals surface area (Å²) in [4.78, 5) is 17.4. The molecule has 0 aliphatic carbocycles. The van der Waals surface area contributed by atoms with Crippen LogP contribution in [0, 0.1) is 29.4 Å². The van der Waals surface area contributed by atoms with E-state index in [1.54, 1.807) is 17.0 Å². The average molecular weight is 499 g/mol. The summed E-state index contributed by atoms with van der Waals surface area (Å²) in [6.07, 6.45) is 0. The molecule has 0 radical (unpaired) electrons. The van der Waals surface area contributed by atoms with Crippen molar-refractivity contribution in [3.8, 4) is 0 Å². The van der Waals surface area contributed by atoms with Gasteiger partial charge in [-0.3, -0.25) is 4.79 Å². The lowest BCUT2D eigenvalue weighted by Gasteiger charge is -2.48. The molecule has 0 unspecified atom stereocenters. The lowest BCUT2D eigenvalue weighted by molar-refractivity contribution is -0.152. The minimum atomic E-state index is -1.07. The predicted molar refractivity (Wildman–Crippen MR) is 128 cm³/mol. The standard InChI is InChI=1S/C25H29ClF2N2O2.ClH/c1-15-11-30(12-16(2)25(15,32)17-4-6-18(26)7-5-17)24(31)22-14-29(3)13-21(22)20-9-8-19(27)10-23(20)28;/h4-10,15-16,21-22,32H,11-14H2,1-3H3;1H/t15-,16+,21-,22+,25+;/m0./s1. The van der Waals surface area contributed by atoms with E-state index in [0.29, 0.717) is 36.8 Å². The lowest BCUT2D eigenvalue weighted by Crippen LogP contribution is -2.57. The maximum Gasteiger partial charge on any atom is 0.227 e. The highest BCUT2D eigenvalue weighted by Crippen LogP contribution is 2.43. The molecular formula is C25H30Cl2F2N2O2. The number of carbonyl (C=O) groups excluding carboxylic acids is 1. The van der Waals surface area contributed by atoms with Crippen LogP contribution in [0.5, 0.6) is 0 Å². The van der Waals surface area contributed by atoms with Gasteiger partial charge in [-0.05, 0) is 36.4 Å². The van der Waals surface area contributed by atoms with Crippen molar-refractivity contribution in [3.63, 3.8) is 0 Å². The number of piperidine rings is 1. The molecule has 2 aliphatic rings. The fraction of sp³-hybridized carbons (Fsp3) is 0.480. The van der Waals surface area contributed by atoms with Crippen LogP contribution in [0.25, 0.3) is 0 Å². The van der Waals surface area contributed by atoms with E-state index in [4.69, 9.17) is 11.6 Å². The molecule has 0 saturated carbocycles. The van der Waals surface area contributed by atoms with Gasteiger partial charge in [0.15, 0.2) is 0 Å². The minimum absolute atomic E-state index is 0. The molecule has 2 heterocycles. The zero-order chi connectivity index (χ0) is 23.2. The van der Waals surface area contributed by atoms with E-state index in [2.05, 4.69) is 0 Å². The van der Waals surface area contributed by atoms with E-state index in [1.165, 1.54) is 12.1 Å². The Hall–Kier alpha value is -1.73. The molecule has 33 heavy (non-hydrogen) atoms. The van der Waals surface area contributed by atoms with Crippen molar-refractivity contribution >= 4 is 29.9 Å². The maximum absolute atomic E-state index is 14.5. The Labute approximate surface area is 204 Å². The first-order valence-electron chi connectivity index (χ1n) is 11.0. The Kier molecular flexibility index (Phi) is 7.74. The smallest absolute Gasteiger partial charge is 0.227 e. The molecule has 4 nitrogen and oxygen atoms in total. The number of carbonyl (C=O) groups is 1. The van der Waals surface area contributed by atoms with E-state index < -0.39 is 23.2 Å². The Balaban J connectivity index is 0.00000306. The van der Waals surface area contributed by atoms with Crippen molar-refractivity contribution < 1.29 is 18.7 Å². The molecule has 2 aromatic carbocycles. The van der Waals surface area contributed by atoms with Gasteiger partial charge in [0.1, 0.15) is 11.6 Å². The third kappa shape index (κ3) is 4.76. The highest BCUT2D eigenvalue weighted by atomic mass is 35.5. The van der Waals surface area contributed by atoms with Gasteiger partial charge in [0, 0.05) is 55.0 Å². The molecule has 2 saturated heterocycles. The topological polar surface area (TPSA) is 43.8 Å². The first-order chi connectivity index (χ1) is 15.1. The number of nitrogens with zero attached hydrogens (tertiary/aromatic N) is 2. The molecule has 1 N–H and O–H groups in total. The number of rotatable bonds is 3. The first kappa shape index (κ1) is 25.9. The molecule has 1 amide bonds. The number of amides is 1. The molecule has 2 fully saturated rings. The van der Waals surface area contributed by atoms with E-state index in [0.717, 1.165) is 11.6 Å². The van der Waals surface area contributed by atoms with Crippen molar-refractivity contribution in [2.45, 2.75) is 25.4 Å². The van der Waals surface area contributed by atoms with E-state index in [9.17, 15) is 18.7 Å². The monoisotopic (exact) mass is 498 g/mol. The number of hydrogen-bond donors (Lipinski definition) is 1. The van der Waals surface area contributed by atoms with Gasteiger partial charge in [0.05, 0.1) is 11.5 Å². The quantitative estimate of drug-likeness (QED) is 0.667. The fourth-order valence-corrected chi connectivity index (χ4v) is 5.69. The van der Waals surface area contributed by atoms with Gasteiger partial charge >= 0.3 is 0 Å². The van der Waals surface area contributed by atoms with Gasteiger partial charge < -0.3 is 14.9 Å². The summed E-state index contributed by atoms with van der Waals surface area (Å²) in [5.74, 6) is -2.42. The van der Waals surface area contributed by atoms with E-state index >= 15 is 0 Å². The number of aliphatic hydroxyl groups is 1. The molecule has 0 spiro atoms. The van der Waals surface area contributed by atoms with Gasteiger partial charge in [-0.1, -0.05) is 43.6 Å². The van der Waals surface area contributed by atoms with Crippen LogP contribution in [-0.2, 0) is 10.4 Å². The molecular weight excluding hydrogens is 469 g/mol. The second-order valence-corrected chi connectivity index (χ2v) is 9.91. The van der Waals surface area contributed by atoms with E-state index in [-0.39, 0.29) is 36.1 Å². The SMILES string of the molecule is C[C@@H]1CN(C(=O)[C@@H]2CN(C)C[C@H]2c2ccc(F)cc2F)C[C@H](C)[C@]1(O)c1ccc(Cl)cc1.Cl. The highest BCUT2D eigenvalue weighted by Gasteiger charge is 2.49. The lowest BCUT2D eigenvalue weighted by atomic mass is 9.70. The van der Waals surface area contributed by atoms with Crippen LogP contribution in [-0.4, -0.2) is 54.0 Å². The summed E-state index contributed by atoms with van der Waals surface area (Å²) in [6, 6.07) is 10.8. The summed E-state index contributed by atoms with van der Waals surface area (Å²) in [5.41, 5.74) is 0.0989. The summed E-state index contributed by atoms with van der Waals surface area (Å²) in [7, 11) is 1.91. The summed E-state index contributed by atoms with van der Waals surface area (Å²) in [5, 5.41) is 12.2. The van der Waals surface area contributed by atoms with Crippen LogP contribution in [0.1, 0.15) is 30.9 Å². The molecule has 8 heteroatoms. The average Bonchev–Trinajstić information content (AvgIpc) is 3.12. The highest BCUT2D eigenvalue weighted by molar-refractivity contribution is 6.30. The zero-order valence-corrected chi connectivity index (χ0v) is 20.5. The Morgan fingerprint density at radius 2 is 1.64 bits per heavy atom. The Bertz CT molecular complexity index is 992. The molecule has 4 rings (SSSR count). The van der Waals surface area contributed by atoms with Gasteiger partial charge in [-0.25, -0.2) is 8.78 Å². The molecule has 2 aromatic rings. The number of likely N-dealkylation sites (N-methyl/N-ethyl adjacent to an activating group) is 1. The van der Waals surface area contributed by atoms with Crippen molar-refractivity contribution in [3.05, 3.63) is 70.2 Å². The molecule has 0 aromatic heterocycles. The van der Waals surface area contributed by atoms with E-state index in [1.807, 2.05) is 37.9 Å². The normalized spacial score (nSPS) is 30.2. The molecule has 0 bridgehead atoms. The summed E-state index contributed by atoms with van der Waals surface area (Å²) < 4.78 is 27.9. The second kappa shape index (κ2) is 9.87. The third-order valence-corrected chi connectivity index (χ3v) is 7.54. The molecule has 180 valence electrons. The van der Waals surface area contributed by atoms with Crippen molar-refractivity contribution in [2.75, 3.05) is 33.2 Å². The minimum Gasteiger partial charge on any atom is -0.384 e. The first-order valence-corrected chi connectivity index (χ1v) is 11.4. The predicted octanol–water partition coefficient (Wildman–Crippen LogP) is 4.69. The fourth-order valence-electron chi connectivity index (χ4n) is 5.57. The number of hydrogen-bond acceptors (Lipinski definition) is 3. The van der Waals surface area contributed by atoms with Crippen LogP contribution in [0.2, 0.25) is 5.02 Å². The van der Waals surface area contributed by atoms with Crippen LogP contribution in [0.15, 0.2) is 42.5 Å².